The summed E-state index contributed by atoms with van der Waals surface area (Å²) in [6, 6.07) is 4.58. The SMILES string of the molecule is O=C(C(F)F)N1CCC(c2c[nH]c3cc(F)ccc23)CC1. The Kier molecular flexibility index (Phi) is 3.61. The second-order valence-corrected chi connectivity index (χ2v) is 5.33. The van der Waals surface area contributed by atoms with Crippen molar-refractivity contribution in [2.45, 2.75) is 25.2 Å². The number of aromatic nitrogens is 1. The minimum absolute atomic E-state index is 0.200. The fraction of sp³-hybridized carbons (Fsp3) is 0.400. The lowest BCUT2D eigenvalue weighted by Crippen LogP contribution is -2.41. The van der Waals surface area contributed by atoms with E-state index in [9.17, 15) is 18.0 Å². The van der Waals surface area contributed by atoms with Crippen LogP contribution in [0.2, 0.25) is 0 Å². The van der Waals surface area contributed by atoms with Gasteiger partial charge in [0.25, 0.3) is 5.91 Å². The molecule has 0 saturated carbocycles. The predicted molar refractivity (Wildman–Crippen MR) is 72.8 cm³/mol. The number of H-pyrrole nitrogens is 1. The first-order valence-corrected chi connectivity index (χ1v) is 6.89. The molecule has 0 spiro atoms. The van der Waals surface area contributed by atoms with Crippen molar-refractivity contribution < 1.29 is 18.0 Å². The molecule has 0 aliphatic carbocycles. The number of aromatic amines is 1. The maximum Gasteiger partial charge on any atom is 0.315 e. The second-order valence-electron chi connectivity index (χ2n) is 5.33. The fourth-order valence-electron chi connectivity index (χ4n) is 3.01. The summed E-state index contributed by atoms with van der Waals surface area (Å²) in [6.45, 7) is 0.670. The third kappa shape index (κ3) is 2.62. The highest BCUT2D eigenvalue weighted by atomic mass is 19.3. The van der Waals surface area contributed by atoms with Crippen LogP contribution in [0.5, 0.6) is 0 Å². The van der Waals surface area contributed by atoms with Gasteiger partial charge < -0.3 is 9.88 Å². The molecule has 1 amide bonds. The molecule has 0 unspecified atom stereocenters. The molecule has 0 bridgehead atoms. The van der Waals surface area contributed by atoms with Crippen LogP contribution in [-0.4, -0.2) is 35.3 Å². The lowest BCUT2D eigenvalue weighted by atomic mass is 9.89. The first kappa shape index (κ1) is 14.0. The topological polar surface area (TPSA) is 36.1 Å². The van der Waals surface area contributed by atoms with Gasteiger partial charge in [-0.25, -0.2) is 4.39 Å². The summed E-state index contributed by atoms with van der Waals surface area (Å²) in [5.74, 6) is -1.19. The van der Waals surface area contributed by atoms with E-state index in [2.05, 4.69) is 4.98 Å². The maximum absolute atomic E-state index is 13.2. The Balaban J connectivity index is 1.75. The van der Waals surface area contributed by atoms with E-state index >= 15 is 0 Å². The zero-order valence-corrected chi connectivity index (χ0v) is 11.3. The highest BCUT2D eigenvalue weighted by Gasteiger charge is 2.29. The molecule has 21 heavy (non-hydrogen) atoms. The summed E-state index contributed by atoms with van der Waals surface area (Å²) in [7, 11) is 0. The van der Waals surface area contributed by atoms with Gasteiger partial charge in [0.1, 0.15) is 5.82 Å². The van der Waals surface area contributed by atoms with E-state index in [1.54, 1.807) is 6.07 Å². The molecule has 0 radical (unpaired) electrons. The maximum atomic E-state index is 13.2. The van der Waals surface area contributed by atoms with E-state index in [1.165, 1.54) is 17.0 Å². The van der Waals surface area contributed by atoms with Crippen LogP contribution in [-0.2, 0) is 4.79 Å². The van der Waals surface area contributed by atoms with Crippen molar-refractivity contribution in [2.24, 2.45) is 0 Å². The number of carbonyl (C=O) groups excluding carboxylic acids is 1. The molecule has 1 aromatic heterocycles. The molecule has 1 aliphatic heterocycles. The first-order chi connectivity index (χ1) is 10.1. The number of likely N-dealkylation sites (tertiary alicyclic amines) is 1. The summed E-state index contributed by atoms with van der Waals surface area (Å²) >= 11 is 0. The van der Waals surface area contributed by atoms with Gasteiger partial charge in [0.05, 0.1) is 0 Å². The van der Waals surface area contributed by atoms with Crippen LogP contribution in [0.15, 0.2) is 24.4 Å². The molecule has 3 rings (SSSR count). The molecule has 6 heteroatoms. The van der Waals surface area contributed by atoms with Gasteiger partial charge in [-0.05, 0) is 42.5 Å². The third-order valence-corrected chi connectivity index (χ3v) is 4.11. The molecule has 112 valence electrons. The average molecular weight is 296 g/mol. The Morgan fingerprint density at radius 3 is 2.67 bits per heavy atom. The molecule has 1 saturated heterocycles. The van der Waals surface area contributed by atoms with Crippen LogP contribution < -0.4 is 0 Å². The highest BCUT2D eigenvalue weighted by molar-refractivity contribution is 5.84. The van der Waals surface area contributed by atoms with Gasteiger partial charge in [-0.1, -0.05) is 0 Å². The number of benzene rings is 1. The Morgan fingerprint density at radius 1 is 1.29 bits per heavy atom. The lowest BCUT2D eigenvalue weighted by molar-refractivity contribution is -0.143. The zero-order chi connectivity index (χ0) is 15.0. The van der Waals surface area contributed by atoms with Crippen LogP contribution in [0.4, 0.5) is 13.2 Å². The van der Waals surface area contributed by atoms with Gasteiger partial charge in [-0.2, -0.15) is 8.78 Å². The van der Waals surface area contributed by atoms with E-state index in [0.29, 0.717) is 25.9 Å². The summed E-state index contributed by atoms with van der Waals surface area (Å²) in [6.07, 6.45) is 0.197. The lowest BCUT2D eigenvalue weighted by Gasteiger charge is -2.31. The van der Waals surface area contributed by atoms with E-state index in [-0.39, 0.29) is 11.7 Å². The molecular weight excluding hydrogens is 281 g/mol. The Morgan fingerprint density at radius 2 is 2.00 bits per heavy atom. The van der Waals surface area contributed by atoms with Crippen LogP contribution in [0.1, 0.15) is 24.3 Å². The molecular formula is C15H15F3N2O. The molecule has 1 N–H and O–H groups in total. The normalized spacial score (nSPS) is 16.9. The average Bonchev–Trinajstić information content (AvgIpc) is 2.89. The number of halogens is 3. The third-order valence-electron chi connectivity index (χ3n) is 4.11. The molecule has 3 nitrogen and oxygen atoms in total. The number of nitrogens with one attached hydrogen (secondary N) is 1. The minimum atomic E-state index is -2.93. The quantitative estimate of drug-likeness (QED) is 0.907. The monoisotopic (exact) mass is 296 g/mol. The van der Waals surface area contributed by atoms with Crippen LogP contribution in [0.25, 0.3) is 10.9 Å². The first-order valence-electron chi connectivity index (χ1n) is 6.89. The Labute approximate surface area is 119 Å². The van der Waals surface area contributed by atoms with Crippen molar-refractivity contribution in [1.29, 1.82) is 0 Å². The molecule has 1 aromatic carbocycles. The summed E-state index contributed by atoms with van der Waals surface area (Å²) in [5.41, 5.74) is 1.80. The Hall–Kier alpha value is -1.98. The van der Waals surface area contributed by atoms with Gasteiger partial charge in [-0.3, -0.25) is 4.79 Å². The van der Waals surface area contributed by atoms with E-state index < -0.39 is 12.3 Å². The smallest absolute Gasteiger partial charge is 0.315 e. The van der Waals surface area contributed by atoms with Crippen LogP contribution in [0, 0.1) is 5.82 Å². The number of alkyl halides is 2. The largest absolute Gasteiger partial charge is 0.361 e. The van der Waals surface area contributed by atoms with Crippen LogP contribution in [0.3, 0.4) is 0 Å². The summed E-state index contributed by atoms with van der Waals surface area (Å²) in [5, 5.41) is 0.954. The molecule has 2 aromatic rings. The van der Waals surface area contributed by atoms with Crippen molar-refractivity contribution in [3.05, 3.63) is 35.8 Å². The number of rotatable bonds is 2. The minimum Gasteiger partial charge on any atom is -0.361 e. The van der Waals surface area contributed by atoms with Crippen molar-refractivity contribution in [1.82, 2.24) is 9.88 Å². The van der Waals surface area contributed by atoms with Gasteiger partial charge in [-0.15, -0.1) is 0 Å². The highest BCUT2D eigenvalue weighted by Crippen LogP contribution is 2.33. The number of carbonyl (C=O) groups is 1. The Bertz CT molecular complexity index is 660. The number of hydrogen-bond donors (Lipinski definition) is 1. The summed E-state index contributed by atoms with van der Waals surface area (Å²) < 4.78 is 38.0. The number of piperidine rings is 1. The predicted octanol–water partition coefficient (Wildman–Crippen LogP) is 3.28. The van der Waals surface area contributed by atoms with Crippen molar-refractivity contribution >= 4 is 16.8 Å². The van der Waals surface area contributed by atoms with E-state index in [4.69, 9.17) is 0 Å². The number of fused-ring (bicyclic) bond motifs is 1. The second kappa shape index (κ2) is 5.42. The van der Waals surface area contributed by atoms with Crippen LogP contribution >= 0.6 is 0 Å². The zero-order valence-electron chi connectivity index (χ0n) is 11.3. The standard InChI is InChI=1S/C15H15F3N2O/c16-10-1-2-11-12(8-19-13(11)7-10)9-3-5-20(6-4-9)15(21)14(17)18/h1-2,7-9,14,19H,3-6H2. The number of nitrogens with zero attached hydrogens (tertiary/aromatic N) is 1. The van der Waals surface area contributed by atoms with Gasteiger partial charge in [0, 0.05) is 30.2 Å². The van der Waals surface area contributed by atoms with Crippen molar-refractivity contribution in [3.8, 4) is 0 Å². The van der Waals surface area contributed by atoms with Gasteiger partial charge >= 0.3 is 6.43 Å². The van der Waals surface area contributed by atoms with E-state index in [1.807, 2.05) is 6.20 Å². The molecule has 1 fully saturated rings. The van der Waals surface area contributed by atoms with Crippen molar-refractivity contribution in [2.75, 3.05) is 13.1 Å². The fourth-order valence-corrected chi connectivity index (χ4v) is 3.01. The van der Waals surface area contributed by atoms with E-state index in [0.717, 1.165) is 16.5 Å². The van der Waals surface area contributed by atoms with Gasteiger partial charge in [0.2, 0.25) is 0 Å². The molecule has 0 atom stereocenters. The number of hydrogen-bond acceptors (Lipinski definition) is 1. The van der Waals surface area contributed by atoms with Crippen molar-refractivity contribution in [3.63, 3.8) is 0 Å². The van der Waals surface area contributed by atoms with Gasteiger partial charge in [0.15, 0.2) is 0 Å². The summed E-state index contributed by atoms with van der Waals surface area (Å²) in [4.78, 5) is 15.5. The number of amides is 1. The molecule has 1 aliphatic rings. The molecule has 2 heterocycles.